The van der Waals surface area contributed by atoms with Crippen molar-refractivity contribution in [2.75, 3.05) is 6.54 Å². The number of pyridine rings is 1. The Morgan fingerprint density at radius 3 is 2.53 bits per heavy atom. The normalized spacial score (nSPS) is 11.9. The Morgan fingerprint density at radius 2 is 2.00 bits per heavy atom. The van der Waals surface area contributed by atoms with Crippen LogP contribution >= 0.6 is 27.3 Å². The van der Waals surface area contributed by atoms with Crippen LogP contribution in [0.3, 0.4) is 0 Å². The molecule has 102 valence electrons. The molecule has 0 aliphatic rings. The lowest BCUT2D eigenvalue weighted by molar-refractivity contribution is 0.424. The molecule has 0 spiro atoms. The summed E-state index contributed by atoms with van der Waals surface area (Å²) < 4.78 is 27.5. The second-order valence-electron chi connectivity index (χ2n) is 3.84. The first-order chi connectivity index (χ1) is 9.05. The van der Waals surface area contributed by atoms with E-state index < -0.39 is 10.0 Å². The molecule has 4 nitrogen and oxygen atoms in total. The van der Waals surface area contributed by atoms with E-state index in [4.69, 9.17) is 0 Å². The van der Waals surface area contributed by atoms with Crippen molar-refractivity contribution in [3.63, 3.8) is 0 Å². The van der Waals surface area contributed by atoms with Crippen molar-refractivity contribution < 1.29 is 8.42 Å². The number of halogens is 1. The van der Waals surface area contributed by atoms with Gasteiger partial charge in [0, 0.05) is 30.0 Å². The summed E-state index contributed by atoms with van der Waals surface area (Å²) in [4.78, 5) is 3.93. The topological polar surface area (TPSA) is 50.3 Å². The highest BCUT2D eigenvalue weighted by Gasteiger charge is 2.26. The standard InChI is InChI=1S/C12H13BrN2O2S2/c1-2-15(9-10-3-6-14-7-4-10)19(16,17)12-11(13)5-8-18-12/h3-8H,2,9H2,1H3. The van der Waals surface area contributed by atoms with Crippen LogP contribution in [0.15, 0.2) is 44.7 Å². The lowest BCUT2D eigenvalue weighted by Gasteiger charge is -2.19. The van der Waals surface area contributed by atoms with Crippen LogP contribution < -0.4 is 0 Å². The fraction of sp³-hybridized carbons (Fsp3) is 0.250. The fourth-order valence-electron chi connectivity index (χ4n) is 1.64. The second kappa shape index (κ2) is 6.13. The van der Waals surface area contributed by atoms with Gasteiger partial charge in [-0.15, -0.1) is 11.3 Å². The number of nitrogens with zero attached hydrogens (tertiary/aromatic N) is 2. The van der Waals surface area contributed by atoms with E-state index in [9.17, 15) is 8.42 Å². The minimum absolute atomic E-state index is 0.350. The molecule has 0 N–H and O–H groups in total. The first kappa shape index (κ1) is 14.6. The van der Waals surface area contributed by atoms with Crippen molar-refractivity contribution in [3.05, 3.63) is 46.0 Å². The van der Waals surface area contributed by atoms with E-state index in [0.29, 0.717) is 21.8 Å². The molecule has 0 saturated heterocycles. The number of hydrogen-bond donors (Lipinski definition) is 0. The Bertz CT molecular complexity index is 641. The molecule has 0 bridgehead atoms. The average Bonchev–Trinajstić information content (AvgIpc) is 2.84. The molecule has 0 unspecified atom stereocenters. The van der Waals surface area contributed by atoms with Gasteiger partial charge in [0.2, 0.25) is 0 Å². The molecule has 0 aromatic carbocycles. The van der Waals surface area contributed by atoms with Gasteiger partial charge in [-0.2, -0.15) is 4.31 Å². The number of aromatic nitrogens is 1. The third-order valence-electron chi connectivity index (χ3n) is 2.62. The van der Waals surface area contributed by atoms with Crippen molar-refractivity contribution in [2.45, 2.75) is 17.7 Å². The van der Waals surface area contributed by atoms with Crippen LogP contribution in [0.25, 0.3) is 0 Å². The van der Waals surface area contributed by atoms with Gasteiger partial charge < -0.3 is 0 Å². The number of thiophene rings is 1. The largest absolute Gasteiger partial charge is 0.265 e. The molecule has 0 saturated carbocycles. The van der Waals surface area contributed by atoms with Crippen LogP contribution in [0.2, 0.25) is 0 Å². The Balaban J connectivity index is 2.30. The molecule has 0 atom stereocenters. The summed E-state index contributed by atoms with van der Waals surface area (Å²) in [6.07, 6.45) is 3.33. The highest BCUT2D eigenvalue weighted by molar-refractivity contribution is 9.10. The minimum atomic E-state index is -3.45. The summed E-state index contributed by atoms with van der Waals surface area (Å²) in [5.74, 6) is 0. The highest BCUT2D eigenvalue weighted by Crippen LogP contribution is 2.30. The summed E-state index contributed by atoms with van der Waals surface area (Å²) in [6, 6.07) is 5.39. The van der Waals surface area contributed by atoms with E-state index in [2.05, 4.69) is 20.9 Å². The van der Waals surface area contributed by atoms with Crippen LogP contribution in [0.5, 0.6) is 0 Å². The van der Waals surface area contributed by atoms with Crippen molar-refractivity contribution in [1.29, 1.82) is 0 Å². The van der Waals surface area contributed by atoms with Gasteiger partial charge in [0.05, 0.1) is 0 Å². The summed E-state index contributed by atoms with van der Waals surface area (Å²) in [5.41, 5.74) is 0.924. The van der Waals surface area contributed by atoms with Crippen LogP contribution in [-0.2, 0) is 16.6 Å². The van der Waals surface area contributed by atoms with Gasteiger partial charge >= 0.3 is 0 Å². The molecular formula is C12H13BrN2O2S2. The first-order valence-corrected chi connectivity index (χ1v) is 8.79. The zero-order valence-electron chi connectivity index (χ0n) is 10.3. The maximum absolute atomic E-state index is 12.5. The molecule has 0 aliphatic heterocycles. The second-order valence-corrected chi connectivity index (χ2v) is 7.75. The number of sulfonamides is 1. The van der Waals surface area contributed by atoms with Gasteiger partial charge in [-0.3, -0.25) is 4.98 Å². The predicted octanol–water partition coefficient (Wildman–Crippen LogP) is 3.12. The number of rotatable bonds is 5. The molecule has 0 aliphatic carbocycles. The Morgan fingerprint density at radius 1 is 1.32 bits per heavy atom. The van der Waals surface area contributed by atoms with Crippen LogP contribution in [0.4, 0.5) is 0 Å². The molecule has 2 heterocycles. The third kappa shape index (κ3) is 3.22. The molecule has 19 heavy (non-hydrogen) atoms. The quantitative estimate of drug-likeness (QED) is 0.822. The Labute approximate surface area is 125 Å². The van der Waals surface area contributed by atoms with Gasteiger partial charge in [0.1, 0.15) is 4.21 Å². The lowest BCUT2D eigenvalue weighted by Crippen LogP contribution is -2.30. The Kier molecular flexibility index (Phi) is 4.72. The maximum atomic E-state index is 12.5. The fourth-order valence-corrected chi connectivity index (χ4v) is 5.53. The first-order valence-electron chi connectivity index (χ1n) is 5.67. The zero-order chi connectivity index (χ0) is 13.9. The molecule has 2 aromatic rings. The molecule has 0 fully saturated rings. The van der Waals surface area contributed by atoms with Gasteiger partial charge in [-0.25, -0.2) is 8.42 Å². The molecule has 2 aromatic heterocycles. The molecule has 2 rings (SSSR count). The van der Waals surface area contributed by atoms with Crippen molar-refractivity contribution in [3.8, 4) is 0 Å². The molecule has 7 heteroatoms. The highest BCUT2D eigenvalue weighted by atomic mass is 79.9. The smallest absolute Gasteiger partial charge is 0.253 e. The summed E-state index contributed by atoms with van der Waals surface area (Å²) >= 11 is 4.50. The minimum Gasteiger partial charge on any atom is -0.265 e. The zero-order valence-corrected chi connectivity index (χ0v) is 13.5. The SMILES string of the molecule is CCN(Cc1ccncc1)S(=O)(=O)c1sccc1Br. The van der Waals surface area contributed by atoms with Gasteiger partial charge in [-0.05, 0) is 45.1 Å². The van der Waals surface area contributed by atoms with Gasteiger partial charge in [-0.1, -0.05) is 6.92 Å². The van der Waals surface area contributed by atoms with Crippen molar-refractivity contribution in [1.82, 2.24) is 9.29 Å². The summed E-state index contributed by atoms with van der Waals surface area (Å²) in [5, 5.41) is 1.76. The van der Waals surface area contributed by atoms with E-state index in [1.54, 1.807) is 23.8 Å². The van der Waals surface area contributed by atoms with Crippen LogP contribution in [-0.4, -0.2) is 24.3 Å². The molecule has 0 amide bonds. The van der Waals surface area contributed by atoms with E-state index in [1.165, 1.54) is 15.6 Å². The lowest BCUT2D eigenvalue weighted by atomic mass is 10.3. The predicted molar refractivity (Wildman–Crippen MR) is 79.5 cm³/mol. The molecule has 0 radical (unpaired) electrons. The van der Waals surface area contributed by atoms with E-state index in [-0.39, 0.29) is 0 Å². The van der Waals surface area contributed by atoms with Crippen molar-refractivity contribution >= 4 is 37.3 Å². The average molecular weight is 361 g/mol. The maximum Gasteiger partial charge on any atom is 0.253 e. The van der Waals surface area contributed by atoms with Crippen LogP contribution in [0.1, 0.15) is 12.5 Å². The van der Waals surface area contributed by atoms with E-state index in [1.807, 2.05) is 19.1 Å². The van der Waals surface area contributed by atoms with Crippen LogP contribution in [0, 0.1) is 0 Å². The number of hydrogen-bond acceptors (Lipinski definition) is 4. The van der Waals surface area contributed by atoms with E-state index >= 15 is 0 Å². The summed E-state index contributed by atoms with van der Waals surface area (Å²) in [7, 11) is -3.45. The van der Waals surface area contributed by atoms with Gasteiger partial charge in [0.15, 0.2) is 0 Å². The van der Waals surface area contributed by atoms with E-state index in [0.717, 1.165) is 5.56 Å². The Hall–Kier alpha value is -0.760. The molecular weight excluding hydrogens is 348 g/mol. The van der Waals surface area contributed by atoms with Crippen molar-refractivity contribution in [2.24, 2.45) is 0 Å². The third-order valence-corrected chi connectivity index (χ3v) is 7.19. The monoisotopic (exact) mass is 360 g/mol. The summed E-state index contributed by atoms with van der Waals surface area (Å²) in [6.45, 7) is 2.61. The van der Waals surface area contributed by atoms with Gasteiger partial charge in [0.25, 0.3) is 10.0 Å².